The van der Waals surface area contributed by atoms with Gasteiger partial charge in [-0.1, -0.05) is 36.4 Å². The summed E-state index contributed by atoms with van der Waals surface area (Å²) in [6.07, 6.45) is 5.86. The fourth-order valence-corrected chi connectivity index (χ4v) is 2.94. The van der Waals surface area contributed by atoms with E-state index in [1.165, 1.54) is 5.56 Å². The second-order valence-electron chi connectivity index (χ2n) is 6.36. The van der Waals surface area contributed by atoms with Gasteiger partial charge in [0.1, 0.15) is 0 Å². The molecule has 4 aromatic rings. The number of guanidine groups is 1. The highest BCUT2D eigenvalue weighted by Crippen LogP contribution is 2.04. The van der Waals surface area contributed by atoms with Crippen LogP contribution in [0, 0.1) is 0 Å². The molecule has 0 saturated heterocycles. The number of fused-ring (bicyclic) bond motifs is 1. The Balaban J connectivity index is 1.31. The summed E-state index contributed by atoms with van der Waals surface area (Å²) in [5, 5.41) is 19.4. The molecule has 0 bridgehead atoms. The van der Waals surface area contributed by atoms with Crippen molar-refractivity contribution in [1.29, 1.82) is 0 Å². The predicted octanol–water partition coefficient (Wildman–Crippen LogP) is 1.84. The number of rotatable bonds is 6. The van der Waals surface area contributed by atoms with Crippen molar-refractivity contribution in [3.05, 3.63) is 84.1 Å². The van der Waals surface area contributed by atoms with E-state index in [0.717, 1.165) is 23.6 Å². The molecule has 2 N–H and O–H groups in total. The molecule has 0 radical (unpaired) electrons. The quantitative estimate of drug-likeness (QED) is 0.397. The maximum absolute atomic E-state index is 4.43. The number of benzene rings is 1. The molecule has 3 aromatic heterocycles. The molecule has 0 amide bonds. The summed E-state index contributed by atoms with van der Waals surface area (Å²) in [5.74, 6) is 1.53. The molecule has 8 nitrogen and oxygen atoms in total. The van der Waals surface area contributed by atoms with Crippen molar-refractivity contribution in [2.24, 2.45) is 4.99 Å². The zero-order valence-corrected chi connectivity index (χ0v) is 15.7. The molecule has 3 heterocycles. The third-order valence-electron chi connectivity index (χ3n) is 4.36. The smallest absolute Gasteiger partial charge is 0.191 e. The fourth-order valence-electron chi connectivity index (χ4n) is 2.94. The van der Waals surface area contributed by atoms with E-state index in [9.17, 15) is 0 Å². The van der Waals surface area contributed by atoms with E-state index in [4.69, 9.17) is 0 Å². The number of pyridine rings is 1. The normalized spacial score (nSPS) is 11.7. The number of aromatic nitrogens is 5. The molecule has 0 aliphatic rings. The van der Waals surface area contributed by atoms with Crippen molar-refractivity contribution in [1.82, 2.24) is 35.0 Å². The summed E-state index contributed by atoms with van der Waals surface area (Å²) < 4.78 is 3.89. The van der Waals surface area contributed by atoms with Crippen LogP contribution in [-0.4, -0.2) is 37.4 Å². The van der Waals surface area contributed by atoms with Crippen LogP contribution in [0.2, 0.25) is 0 Å². The number of aliphatic imine (C=N–C) groups is 1. The minimum absolute atomic E-state index is 0.526. The first kappa shape index (κ1) is 17.7. The Morgan fingerprint density at radius 2 is 1.79 bits per heavy atom. The summed E-state index contributed by atoms with van der Waals surface area (Å²) in [4.78, 5) is 4.27. The van der Waals surface area contributed by atoms with Crippen LogP contribution in [0.5, 0.6) is 0 Å². The Labute approximate surface area is 162 Å². The van der Waals surface area contributed by atoms with E-state index >= 15 is 0 Å². The standard InChI is InChI=1S/C20H22N8/c1-21-20(23-13-19-26-25-18-9-5-6-10-28(18)19)22-11-17-12-24-27(15-17)14-16-7-3-2-4-8-16/h2-10,12,15H,11,13-14H2,1H3,(H2,21,22,23). The van der Waals surface area contributed by atoms with Gasteiger partial charge in [0.05, 0.1) is 19.3 Å². The molecule has 0 unspecified atom stereocenters. The van der Waals surface area contributed by atoms with Crippen LogP contribution in [0.3, 0.4) is 0 Å². The van der Waals surface area contributed by atoms with Crippen LogP contribution in [0.4, 0.5) is 0 Å². The molecule has 0 aliphatic heterocycles. The van der Waals surface area contributed by atoms with Gasteiger partial charge in [-0.3, -0.25) is 14.1 Å². The number of nitrogens with zero attached hydrogens (tertiary/aromatic N) is 6. The molecule has 28 heavy (non-hydrogen) atoms. The lowest BCUT2D eigenvalue weighted by Crippen LogP contribution is -2.36. The Hall–Kier alpha value is -3.68. The zero-order valence-electron chi connectivity index (χ0n) is 15.7. The maximum atomic E-state index is 4.43. The van der Waals surface area contributed by atoms with Crippen LogP contribution in [-0.2, 0) is 19.6 Å². The summed E-state index contributed by atoms with van der Waals surface area (Å²) >= 11 is 0. The van der Waals surface area contributed by atoms with Gasteiger partial charge in [0.2, 0.25) is 0 Å². The van der Waals surface area contributed by atoms with E-state index in [2.05, 4.69) is 43.1 Å². The van der Waals surface area contributed by atoms with Crippen LogP contribution in [0.15, 0.2) is 72.1 Å². The molecule has 4 rings (SSSR count). The van der Waals surface area contributed by atoms with Crippen LogP contribution in [0.25, 0.3) is 5.65 Å². The Morgan fingerprint density at radius 1 is 0.964 bits per heavy atom. The van der Waals surface area contributed by atoms with Crippen LogP contribution >= 0.6 is 0 Å². The Kier molecular flexibility index (Phi) is 5.28. The molecule has 8 heteroatoms. The fraction of sp³-hybridized carbons (Fsp3) is 0.200. The van der Waals surface area contributed by atoms with E-state index in [-0.39, 0.29) is 0 Å². The van der Waals surface area contributed by atoms with Gasteiger partial charge in [-0.2, -0.15) is 5.10 Å². The van der Waals surface area contributed by atoms with Crippen molar-refractivity contribution < 1.29 is 0 Å². The van der Waals surface area contributed by atoms with E-state index in [1.54, 1.807) is 7.05 Å². The molecule has 0 saturated carbocycles. The van der Waals surface area contributed by atoms with E-state index < -0.39 is 0 Å². The predicted molar refractivity (Wildman–Crippen MR) is 108 cm³/mol. The minimum Gasteiger partial charge on any atom is -0.352 e. The SMILES string of the molecule is CN=C(NCc1cnn(Cc2ccccc2)c1)NCc1nnc2ccccn12. The van der Waals surface area contributed by atoms with Gasteiger partial charge in [0.25, 0.3) is 0 Å². The average Bonchev–Trinajstić information content (AvgIpc) is 3.36. The van der Waals surface area contributed by atoms with E-state index in [0.29, 0.717) is 19.0 Å². The lowest BCUT2D eigenvalue weighted by atomic mass is 10.2. The van der Waals surface area contributed by atoms with Gasteiger partial charge >= 0.3 is 0 Å². The largest absolute Gasteiger partial charge is 0.352 e. The zero-order chi connectivity index (χ0) is 19.2. The van der Waals surface area contributed by atoms with Crippen molar-refractivity contribution in [2.75, 3.05) is 7.05 Å². The first-order valence-corrected chi connectivity index (χ1v) is 9.10. The monoisotopic (exact) mass is 374 g/mol. The number of hydrogen-bond donors (Lipinski definition) is 2. The molecule has 1 aromatic carbocycles. The summed E-state index contributed by atoms with van der Waals surface area (Å²) in [5.41, 5.74) is 3.14. The maximum Gasteiger partial charge on any atom is 0.191 e. The average molecular weight is 374 g/mol. The second kappa shape index (κ2) is 8.34. The van der Waals surface area contributed by atoms with E-state index in [1.807, 2.05) is 64.1 Å². The molecular formula is C20H22N8. The highest BCUT2D eigenvalue weighted by atomic mass is 15.3. The lowest BCUT2D eigenvalue weighted by Gasteiger charge is -2.10. The number of hydrogen-bond acceptors (Lipinski definition) is 4. The first-order valence-electron chi connectivity index (χ1n) is 9.10. The van der Waals surface area contributed by atoms with Gasteiger partial charge < -0.3 is 10.6 Å². The minimum atomic E-state index is 0.526. The Morgan fingerprint density at radius 3 is 2.64 bits per heavy atom. The van der Waals surface area contributed by atoms with Crippen molar-refractivity contribution in [3.8, 4) is 0 Å². The van der Waals surface area contributed by atoms with Crippen LogP contribution in [0.1, 0.15) is 17.0 Å². The molecule has 142 valence electrons. The Bertz CT molecular complexity index is 1060. The molecule has 0 spiro atoms. The third-order valence-corrected chi connectivity index (χ3v) is 4.36. The third kappa shape index (κ3) is 4.17. The second-order valence-corrected chi connectivity index (χ2v) is 6.36. The topological polar surface area (TPSA) is 84.4 Å². The summed E-state index contributed by atoms with van der Waals surface area (Å²) in [6.45, 7) is 1.92. The summed E-state index contributed by atoms with van der Waals surface area (Å²) in [6, 6.07) is 16.1. The summed E-state index contributed by atoms with van der Waals surface area (Å²) in [7, 11) is 1.75. The number of nitrogens with one attached hydrogen (secondary N) is 2. The van der Waals surface area contributed by atoms with Gasteiger partial charge in [-0.05, 0) is 17.7 Å². The first-order chi connectivity index (χ1) is 13.8. The van der Waals surface area contributed by atoms with Crippen molar-refractivity contribution >= 4 is 11.6 Å². The van der Waals surface area contributed by atoms with Gasteiger partial charge in [0, 0.05) is 31.5 Å². The molecule has 0 fully saturated rings. The van der Waals surface area contributed by atoms with Crippen molar-refractivity contribution in [3.63, 3.8) is 0 Å². The molecule has 0 atom stereocenters. The van der Waals surface area contributed by atoms with Crippen molar-refractivity contribution in [2.45, 2.75) is 19.6 Å². The highest BCUT2D eigenvalue weighted by molar-refractivity contribution is 5.79. The van der Waals surface area contributed by atoms with Gasteiger partial charge in [-0.25, -0.2) is 0 Å². The molecular weight excluding hydrogens is 352 g/mol. The highest BCUT2D eigenvalue weighted by Gasteiger charge is 2.06. The molecule has 0 aliphatic carbocycles. The lowest BCUT2D eigenvalue weighted by molar-refractivity contribution is 0.685. The van der Waals surface area contributed by atoms with Gasteiger partial charge in [0.15, 0.2) is 17.4 Å². The van der Waals surface area contributed by atoms with Crippen LogP contribution < -0.4 is 10.6 Å². The van der Waals surface area contributed by atoms with Gasteiger partial charge in [-0.15, -0.1) is 10.2 Å².